The van der Waals surface area contributed by atoms with E-state index in [0.717, 1.165) is 0 Å². The average Bonchev–Trinajstić information content (AvgIpc) is 1.88. The van der Waals surface area contributed by atoms with Crippen molar-refractivity contribution >= 4 is 5.91 Å². The Labute approximate surface area is 66.1 Å². The van der Waals surface area contributed by atoms with Crippen molar-refractivity contribution in [3.8, 4) is 0 Å². The predicted octanol–water partition coefficient (Wildman–Crippen LogP) is 0.184. The van der Waals surface area contributed by atoms with Crippen molar-refractivity contribution in [2.45, 2.75) is 6.92 Å². The molecule has 0 rings (SSSR count). The average molecular weight is 153 g/mol. The zero-order chi connectivity index (χ0) is 9.02. The van der Waals surface area contributed by atoms with Gasteiger partial charge in [0, 0.05) is 19.8 Å². The summed E-state index contributed by atoms with van der Waals surface area (Å²) >= 11 is 0. The smallest absolute Gasteiger partial charge is 0.267 e. The molecule has 0 spiro atoms. The summed E-state index contributed by atoms with van der Waals surface area (Å²) in [5.74, 6) is -0.675. The van der Waals surface area contributed by atoms with Gasteiger partial charge in [-0.25, -0.2) is 4.85 Å². The molecule has 0 heterocycles. The molecule has 11 heavy (non-hydrogen) atoms. The first-order chi connectivity index (χ1) is 5.00. The van der Waals surface area contributed by atoms with E-state index in [1.807, 2.05) is 0 Å². The maximum absolute atomic E-state index is 10.6. The van der Waals surface area contributed by atoms with Crippen molar-refractivity contribution in [1.29, 1.82) is 0 Å². The molecule has 1 amide bonds. The van der Waals surface area contributed by atoms with Crippen molar-refractivity contribution < 1.29 is 4.79 Å². The second kappa shape index (κ2) is 3.62. The maximum Gasteiger partial charge on any atom is 0.267 e. The van der Waals surface area contributed by atoms with Crippen LogP contribution in [0.3, 0.4) is 0 Å². The van der Waals surface area contributed by atoms with Crippen LogP contribution in [-0.2, 0) is 4.79 Å². The fourth-order valence-electron chi connectivity index (χ4n) is 0.526. The number of hydrogen-bond acceptors (Lipinski definition) is 2. The van der Waals surface area contributed by atoms with Crippen LogP contribution < -0.4 is 5.73 Å². The third-order valence-electron chi connectivity index (χ3n) is 1.36. The number of carbonyl (C=O) groups excluding carboxylic acids is 1. The van der Waals surface area contributed by atoms with Gasteiger partial charge in [-0.05, 0) is 6.92 Å². The van der Waals surface area contributed by atoms with Gasteiger partial charge >= 0.3 is 0 Å². The third kappa shape index (κ3) is 2.30. The summed E-state index contributed by atoms with van der Waals surface area (Å²) in [4.78, 5) is 15.3. The molecule has 0 saturated carbocycles. The van der Waals surface area contributed by atoms with Gasteiger partial charge < -0.3 is 10.6 Å². The molecule has 4 heteroatoms. The molecule has 0 aliphatic carbocycles. The van der Waals surface area contributed by atoms with Gasteiger partial charge in [0.25, 0.3) is 5.70 Å². The molecule has 0 aromatic heterocycles. The second-order valence-corrected chi connectivity index (χ2v) is 2.30. The monoisotopic (exact) mass is 153 g/mol. The number of allylic oxidation sites excluding steroid dienone is 1. The molecule has 4 nitrogen and oxygen atoms in total. The maximum atomic E-state index is 10.6. The number of carbonyl (C=O) groups is 1. The Morgan fingerprint density at radius 1 is 1.55 bits per heavy atom. The Morgan fingerprint density at radius 3 is 2.09 bits per heavy atom. The Kier molecular flexibility index (Phi) is 3.12. The zero-order valence-corrected chi connectivity index (χ0v) is 6.88. The molecule has 0 aliphatic heterocycles. The normalized spacial score (nSPS) is 11.5. The summed E-state index contributed by atoms with van der Waals surface area (Å²) in [7, 11) is 3.51. The first-order valence-corrected chi connectivity index (χ1v) is 3.06. The highest BCUT2D eigenvalue weighted by Crippen LogP contribution is 2.06. The molecule has 0 aromatic carbocycles. The summed E-state index contributed by atoms with van der Waals surface area (Å²) in [6.45, 7) is 8.33. The van der Waals surface area contributed by atoms with Crippen LogP contribution in [-0.4, -0.2) is 24.9 Å². The van der Waals surface area contributed by atoms with E-state index in [4.69, 9.17) is 12.3 Å². The Hall–Kier alpha value is -1.50. The lowest BCUT2D eigenvalue weighted by molar-refractivity contribution is -0.114. The second-order valence-electron chi connectivity index (χ2n) is 2.30. The Bertz CT molecular complexity index is 235. The van der Waals surface area contributed by atoms with E-state index in [1.54, 1.807) is 25.9 Å². The molecular formula is C7H11N3O. The predicted molar refractivity (Wildman–Crippen MR) is 42.2 cm³/mol. The van der Waals surface area contributed by atoms with Crippen LogP contribution in [0.2, 0.25) is 0 Å². The van der Waals surface area contributed by atoms with E-state index in [2.05, 4.69) is 4.85 Å². The van der Waals surface area contributed by atoms with Gasteiger partial charge in [-0.3, -0.25) is 4.79 Å². The standard InChI is InChI=1S/C7H11N3O/c1-5(10(3)4)6(9-2)7(8)11/h1,3-4H3,(H2,8,11)/b6-5+. The molecule has 0 radical (unpaired) electrons. The summed E-state index contributed by atoms with van der Waals surface area (Å²) in [6, 6.07) is 0. The molecule has 0 bridgehead atoms. The molecule has 2 N–H and O–H groups in total. The minimum atomic E-state index is -0.675. The number of amides is 1. The molecule has 0 saturated heterocycles. The van der Waals surface area contributed by atoms with Crippen LogP contribution >= 0.6 is 0 Å². The van der Waals surface area contributed by atoms with Crippen LogP contribution in [0.4, 0.5) is 0 Å². The molecule has 0 aromatic rings. The van der Waals surface area contributed by atoms with Crippen LogP contribution in [0, 0.1) is 6.57 Å². The van der Waals surface area contributed by atoms with Crippen molar-refractivity contribution in [2.24, 2.45) is 5.73 Å². The molecule has 0 fully saturated rings. The van der Waals surface area contributed by atoms with Gasteiger partial charge in [0.1, 0.15) is 0 Å². The lowest BCUT2D eigenvalue weighted by atomic mass is 10.3. The van der Waals surface area contributed by atoms with Gasteiger partial charge in [0.15, 0.2) is 0 Å². The van der Waals surface area contributed by atoms with Gasteiger partial charge in [0.2, 0.25) is 5.91 Å². The van der Waals surface area contributed by atoms with E-state index in [0.29, 0.717) is 5.70 Å². The van der Waals surface area contributed by atoms with Gasteiger partial charge in [-0.15, -0.1) is 0 Å². The Balaban J connectivity index is 4.88. The fourth-order valence-corrected chi connectivity index (χ4v) is 0.526. The fraction of sp³-hybridized carbons (Fsp3) is 0.429. The zero-order valence-electron chi connectivity index (χ0n) is 6.88. The number of nitrogens with zero attached hydrogens (tertiary/aromatic N) is 2. The Morgan fingerprint density at radius 2 is 2.00 bits per heavy atom. The lowest BCUT2D eigenvalue weighted by Gasteiger charge is -2.13. The van der Waals surface area contributed by atoms with Crippen molar-refractivity contribution in [3.63, 3.8) is 0 Å². The van der Waals surface area contributed by atoms with E-state index >= 15 is 0 Å². The van der Waals surface area contributed by atoms with E-state index < -0.39 is 5.91 Å². The molecule has 0 unspecified atom stereocenters. The minimum Gasteiger partial charge on any atom is -0.390 e. The summed E-state index contributed by atoms with van der Waals surface area (Å²) in [5, 5.41) is 0. The highest BCUT2D eigenvalue weighted by molar-refractivity contribution is 5.94. The number of rotatable bonds is 2. The van der Waals surface area contributed by atoms with Crippen LogP contribution in [0.15, 0.2) is 11.4 Å². The van der Waals surface area contributed by atoms with Crippen LogP contribution in [0.1, 0.15) is 6.92 Å². The summed E-state index contributed by atoms with van der Waals surface area (Å²) in [6.07, 6.45) is 0. The van der Waals surface area contributed by atoms with E-state index in [1.165, 1.54) is 0 Å². The largest absolute Gasteiger partial charge is 0.390 e. The first-order valence-electron chi connectivity index (χ1n) is 3.06. The van der Waals surface area contributed by atoms with Crippen LogP contribution in [0.25, 0.3) is 4.85 Å². The molecule has 60 valence electrons. The minimum absolute atomic E-state index is 0.00463. The van der Waals surface area contributed by atoms with E-state index in [9.17, 15) is 4.79 Å². The molecule has 0 aliphatic rings. The van der Waals surface area contributed by atoms with E-state index in [-0.39, 0.29) is 5.70 Å². The summed E-state index contributed by atoms with van der Waals surface area (Å²) < 4.78 is 0. The SMILES string of the molecule is [C-]#[N+]/C(C(N)=O)=C(\C)N(C)C. The summed E-state index contributed by atoms with van der Waals surface area (Å²) in [5.41, 5.74) is 5.53. The van der Waals surface area contributed by atoms with Gasteiger partial charge in [0.05, 0.1) is 6.57 Å². The molecular weight excluding hydrogens is 142 g/mol. The highest BCUT2D eigenvalue weighted by atomic mass is 16.1. The quantitative estimate of drug-likeness (QED) is 0.454. The van der Waals surface area contributed by atoms with Crippen LogP contribution in [0.5, 0.6) is 0 Å². The van der Waals surface area contributed by atoms with Crippen molar-refractivity contribution in [1.82, 2.24) is 4.90 Å². The van der Waals surface area contributed by atoms with Crippen molar-refractivity contribution in [3.05, 3.63) is 22.8 Å². The topological polar surface area (TPSA) is 50.7 Å². The lowest BCUT2D eigenvalue weighted by Crippen LogP contribution is -2.18. The molecule has 0 atom stereocenters. The number of nitrogens with two attached hydrogens (primary N) is 1. The number of primary amides is 1. The van der Waals surface area contributed by atoms with Crippen molar-refractivity contribution in [2.75, 3.05) is 14.1 Å². The third-order valence-corrected chi connectivity index (χ3v) is 1.36. The first kappa shape index (κ1) is 9.50. The van der Waals surface area contributed by atoms with Gasteiger partial charge in [-0.2, -0.15) is 0 Å². The number of hydrogen-bond donors (Lipinski definition) is 1. The highest BCUT2D eigenvalue weighted by Gasteiger charge is 2.09. The van der Waals surface area contributed by atoms with Gasteiger partial charge in [-0.1, -0.05) is 0 Å².